The molecule has 0 aliphatic heterocycles. The molecule has 61 heavy (non-hydrogen) atoms. The van der Waals surface area contributed by atoms with Crippen molar-refractivity contribution in [2.45, 2.75) is 52.4 Å². The first kappa shape index (κ1) is 38.6. The van der Waals surface area contributed by atoms with Gasteiger partial charge >= 0.3 is 0 Å². The van der Waals surface area contributed by atoms with Gasteiger partial charge in [0, 0.05) is 43.1 Å². The van der Waals surface area contributed by atoms with Gasteiger partial charge < -0.3 is 5.11 Å². The fourth-order valence-corrected chi connectivity index (χ4v) is 8.88. The number of nitrogens with zero attached hydrogens (tertiary/aromatic N) is 6. The maximum Gasteiger partial charge on any atom is 0.220 e. The van der Waals surface area contributed by atoms with Gasteiger partial charge in [0.1, 0.15) is 17.2 Å². The zero-order valence-electron chi connectivity index (χ0n) is 34.8. The van der Waals surface area contributed by atoms with E-state index in [0.717, 1.165) is 94.5 Å². The molecule has 7 nitrogen and oxygen atoms in total. The van der Waals surface area contributed by atoms with Crippen molar-refractivity contribution in [3.8, 4) is 45.1 Å². The van der Waals surface area contributed by atoms with E-state index < -0.39 is 0 Å². The number of aromatic nitrogens is 6. The summed E-state index contributed by atoms with van der Waals surface area (Å²) in [7, 11) is 0. The Labute approximate surface area is 368 Å². The fourth-order valence-electron chi connectivity index (χ4n) is 8.88. The van der Waals surface area contributed by atoms with Crippen LogP contribution in [0.15, 0.2) is 146 Å². The monoisotopic (exact) mass is 974 g/mol. The van der Waals surface area contributed by atoms with Crippen molar-refractivity contribution in [1.29, 1.82) is 0 Å². The molecule has 0 aliphatic rings. The predicted molar refractivity (Wildman–Crippen MR) is 245 cm³/mol. The van der Waals surface area contributed by atoms with E-state index in [4.69, 9.17) is 15.0 Å². The van der Waals surface area contributed by atoms with Gasteiger partial charge in [-0.2, -0.15) is 0 Å². The average Bonchev–Trinajstić information content (AvgIpc) is 3.95. The summed E-state index contributed by atoms with van der Waals surface area (Å²) >= 11 is 0. The second-order valence-electron chi connectivity index (χ2n) is 17.9. The SMILES string of the molecule is CC(C)(C)c1cc(-c2nc3c(-c4[c-]c5c(cc4)nc4c6ccccc6n6c7ccccc7nc6n54)cccc3n2-c2ccccc2-c2ccccc2)c(O)c(C(C)(C)C)c1.[Pt]. The third-order valence-corrected chi connectivity index (χ3v) is 11.9. The Kier molecular flexibility index (Phi) is 8.87. The van der Waals surface area contributed by atoms with Crippen LogP contribution >= 0.6 is 0 Å². The number of hydrogen-bond acceptors (Lipinski definition) is 4. The van der Waals surface area contributed by atoms with Crippen LogP contribution in [0, 0.1) is 6.07 Å². The van der Waals surface area contributed by atoms with Gasteiger partial charge in [-0.15, -0.1) is 23.8 Å². The Morgan fingerprint density at radius 3 is 2.03 bits per heavy atom. The first-order valence-corrected chi connectivity index (χ1v) is 20.5. The van der Waals surface area contributed by atoms with E-state index >= 15 is 0 Å². The van der Waals surface area contributed by atoms with E-state index in [1.54, 1.807) is 0 Å². The number of phenols is 1. The van der Waals surface area contributed by atoms with Crippen LogP contribution in [0.5, 0.6) is 5.75 Å². The molecule has 11 rings (SSSR count). The van der Waals surface area contributed by atoms with Crippen LogP contribution in [-0.4, -0.2) is 33.4 Å². The predicted octanol–water partition coefficient (Wildman–Crippen LogP) is 12.9. The summed E-state index contributed by atoms with van der Waals surface area (Å²) in [5.41, 5.74) is 14.4. The van der Waals surface area contributed by atoms with Gasteiger partial charge in [0.15, 0.2) is 0 Å². The largest absolute Gasteiger partial charge is 0.507 e. The van der Waals surface area contributed by atoms with Gasteiger partial charge in [0.2, 0.25) is 5.78 Å². The molecule has 0 saturated carbocycles. The van der Waals surface area contributed by atoms with E-state index in [1.807, 2.05) is 12.1 Å². The molecule has 1 N–H and O–H groups in total. The summed E-state index contributed by atoms with van der Waals surface area (Å²) in [5, 5.41) is 13.4. The summed E-state index contributed by atoms with van der Waals surface area (Å²) in [6.45, 7) is 13.1. The smallest absolute Gasteiger partial charge is 0.220 e. The number of hydrogen-bond donors (Lipinski definition) is 1. The van der Waals surface area contributed by atoms with Gasteiger partial charge in [0.05, 0.1) is 38.8 Å². The molecule has 0 saturated heterocycles. The normalized spacial score (nSPS) is 12.4. The Balaban J connectivity index is 0.00000445. The minimum atomic E-state index is -0.320. The number of fused-ring (bicyclic) bond motifs is 11. The molecular weight excluding hydrogens is 932 g/mol. The molecule has 7 aromatic carbocycles. The standard InChI is InChI=1S/C53H43N6O.Pt/c1-52(2,3)34-30-38(48(60)39(31-34)53(4,5)6)50-56-47-36(21-16-26-45(47)57(50)42-23-13-10-19-35(42)32-17-8-7-9-18-32)33-27-28-41-46(29-33)59-49(54-41)37-20-11-14-24-43(37)58-44-25-15-12-22-40(44)55-51(58)59;/h7-28,30-31,60H,1-6H3;/q-1;. The van der Waals surface area contributed by atoms with Crippen molar-refractivity contribution >= 4 is 55.4 Å². The van der Waals surface area contributed by atoms with E-state index in [0.29, 0.717) is 11.4 Å². The molecule has 11 aromatic rings. The number of benzene rings is 7. The van der Waals surface area contributed by atoms with Crippen molar-refractivity contribution in [3.63, 3.8) is 0 Å². The van der Waals surface area contributed by atoms with E-state index in [2.05, 4.69) is 194 Å². The molecule has 0 radical (unpaired) electrons. The Hall–Kier alpha value is -6.56. The van der Waals surface area contributed by atoms with Crippen molar-refractivity contribution in [2.24, 2.45) is 0 Å². The Bertz CT molecular complexity index is 3530. The van der Waals surface area contributed by atoms with Crippen LogP contribution < -0.4 is 0 Å². The van der Waals surface area contributed by atoms with Crippen LogP contribution in [0.1, 0.15) is 52.7 Å². The Morgan fingerprint density at radius 1 is 0.557 bits per heavy atom. The first-order valence-electron chi connectivity index (χ1n) is 20.5. The molecule has 0 unspecified atom stereocenters. The zero-order chi connectivity index (χ0) is 41.1. The van der Waals surface area contributed by atoms with E-state index in [9.17, 15) is 5.11 Å². The summed E-state index contributed by atoms with van der Waals surface area (Å²) in [4.78, 5) is 15.9. The number of rotatable bonds is 4. The molecular formula is C53H43N6OPt-. The maximum atomic E-state index is 12.4. The first-order chi connectivity index (χ1) is 29.0. The summed E-state index contributed by atoms with van der Waals surface area (Å²) in [6, 6.07) is 54.2. The van der Waals surface area contributed by atoms with Gasteiger partial charge in [-0.05, 0) is 69.9 Å². The van der Waals surface area contributed by atoms with Gasteiger partial charge in [-0.3, -0.25) is 18.4 Å². The molecule has 0 bridgehead atoms. The van der Waals surface area contributed by atoms with Crippen molar-refractivity contribution in [3.05, 3.63) is 163 Å². The van der Waals surface area contributed by atoms with Crippen LogP contribution in [-0.2, 0) is 31.9 Å². The molecule has 0 aliphatic carbocycles. The number of imidazole rings is 3. The zero-order valence-corrected chi connectivity index (χ0v) is 37.1. The second kappa shape index (κ2) is 14.0. The minimum absolute atomic E-state index is 0. The molecule has 302 valence electrons. The van der Waals surface area contributed by atoms with Gasteiger partial charge in [0.25, 0.3) is 0 Å². The molecule has 0 spiro atoms. The van der Waals surface area contributed by atoms with Crippen molar-refractivity contribution < 1.29 is 26.2 Å². The molecule has 0 atom stereocenters. The topological polar surface area (TPSA) is 72.6 Å². The summed E-state index contributed by atoms with van der Waals surface area (Å²) in [5.74, 6) is 1.70. The van der Waals surface area contributed by atoms with Crippen molar-refractivity contribution in [1.82, 2.24) is 28.3 Å². The molecule has 0 fully saturated rings. The van der Waals surface area contributed by atoms with E-state index in [-0.39, 0.29) is 37.6 Å². The quantitative estimate of drug-likeness (QED) is 0.178. The van der Waals surface area contributed by atoms with E-state index in [1.165, 1.54) is 0 Å². The van der Waals surface area contributed by atoms with Crippen LogP contribution in [0.2, 0.25) is 0 Å². The maximum absolute atomic E-state index is 12.4. The van der Waals surface area contributed by atoms with Crippen molar-refractivity contribution in [2.75, 3.05) is 0 Å². The van der Waals surface area contributed by atoms with Crippen LogP contribution in [0.3, 0.4) is 0 Å². The fraction of sp³-hybridized carbons (Fsp3) is 0.151. The number of phenolic OH excluding ortho intramolecular Hbond substituents is 1. The summed E-state index contributed by atoms with van der Waals surface area (Å²) in [6.07, 6.45) is 0. The molecule has 4 aromatic heterocycles. The van der Waals surface area contributed by atoms with Gasteiger partial charge in [-0.1, -0.05) is 138 Å². The Morgan fingerprint density at radius 2 is 1.25 bits per heavy atom. The molecule has 8 heteroatoms. The summed E-state index contributed by atoms with van der Waals surface area (Å²) < 4.78 is 6.60. The molecule has 0 amide bonds. The molecule has 4 heterocycles. The third kappa shape index (κ3) is 6.01. The number of aromatic hydroxyl groups is 1. The van der Waals surface area contributed by atoms with Gasteiger partial charge in [-0.25, -0.2) is 9.97 Å². The van der Waals surface area contributed by atoms with Crippen LogP contribution in [0.25, 0.3) is 94.8 Å². The second-order valence-corrected chi connectivity index (χ2v) is 17.9. The average molecular weight is 975 g/mol. The number of para-hydroxylation sites is 5. The minimum Gasteiger partial charge on any atom is -0.507 e. The third-order valence-electron chi connectivity index (χ3n) is 11.9. The van der Waals surface area contributed by atoms with Crippen LogP contribution in [0.4, 0.5) is 0 Å².